The summed E-state index contributed by atoms with van der Waals surface area (Å²) in [6.45, 7) is 1.98. The molecule has 0 saturated heterocycles. The van der Waals surface area contributed by atoms with Gasteiger partial charge in [-0.25, -0.2) is 0 Å². The van der Waals surface area contributed by atoms with Gasteiger partial charge in [-0.05, 0) is 13.0 Å². The maximum Gasteiger partial charge on any atom is 0.270 e. The molecule has 3 rings (SSSR count). The fourth-order valence-electron chi connectivity index (χ4n) is 1.94. The average Bonchev–Trinajstić information content (AvgIpc) is 2.98. The minimum atomic E-state index is -0.503. The van der Waals surface area contributed by atoms with Gasteiger partial charge in [0.2, 0.25) is 5.82 Å². The molecule has 0 spiro atoms. The number of nitrogens with zero attached hydrogens (tertiary/aromatic N) is 3. The van der Waals surface area contributed by atoms with Crippen LogP contribution in [0.4, 0.5) is 5.69 Å². The van der Waals surface area contributed by atoms with E-state index in [0.29, 0.717) is 16.4 Å². The number of hydrogen-bond acceptors (Lipinski definition) is 5. The number of nitro benzene ring substituents is 1. The molecule has 0 aliphatic rings. The van der Waals surface area contributed by atoms with Crippen molar-refractivity contribution in [3.63, 3.8) is 0 Å². The third-order valence-corrected chi connectivity index (χ3v) is 3.46. The van der Waals surface area contributed by atoms with Crippen LogP contribution in [0.25, 0.3) is 22.8 Å². The molecular weight excluding hydrogens is 306 g/mol. The number of benzene rings is 2. The average molecular weight is 316 g/mol. The molecule has 22 heavy (non-hydrogen) atoms. The Kier molecular flexibility index (Phi) is 3.60. The highest BCUT2D eigenvalue weighted by Gasteiger charge is 2.17. The second-order valence-corrected chi connectivity index (χ2v) is 5.12. The molecule has 0 bridgehead atoms. The van der Waals surface area contributed by atoms with Crippen LogP contribution in [-0.4, -0.2) is 15.1 Å². The number of hydrogen-bond donors (Lipinski definition) is 0. The Hall–Kier alpha value is -2.73. The van der Waals surface area contributed by atoms with Crippen molar-refractivity contribution in [3.8, 4) is 22.8 Å². The molecule has 0 atom stereocenters. The lowest BCUT2D eigenvalue weighted by atomic mass is 10.1. The predicted octanol–water partition coefficient (Wildman–Crippen LogP) is 4.27. The highest BCUT2D eigenvalue weighted by atomic mass is 35.5. The molecule has 1 aromatic heterocycles. The van der Waals surface area contributed by atoms with Crippen molar-refractivity contribution >= 4 is 17.3 Å². The van der Waals surface area contributed by atoms with Gasteiger partial charge in [0, 0.05) is 17.7 Å². The number of halogens is 1. The largest absolute Gasteiger partial charge is 0.334 e. The van der Waals surface area contributed by atoms with Crippen molar-refractivity contribution < 1.29 is 9.45 Å². The van der Waals surface area contributed by atoms with E-state index in [1.54, 1.807) is 0 Å². The number of rotatable bonds is 3. The summed E-state index contributed by atoms with van der Waals surface area (Å²) in [5.74, 6) is 0.543. The normalized spacial score (nSPS) is 10.6. The van der Waals surface area contributed by atoms with E-state index in [2.05, 4.69) is 10.1 Å². The first-order valence-corrected chi connectivity index (χ1v) is 6.77. The van der Waals surface area contributed by atoms with Crippen molar-refractivity contribution in [3.05, 3.63) is 63.2 Å². The molecule has 0 aliphatic heterocycles. The van der Waals surface area contributed by atoms with E-state index in [0.717, 1.165) is 11.1 Å². The summed E-state index contributed by atoms with van der Waals surface area (Å²) in [5.41, 5.74) is 2.16. The molecule has 2 aromatic carbocycles. The first-order chi connectivity index (χ1) is 10.5. The lowest BCUT2D eigenvalue weighted by Crippen LogP contribution is -1.89. The molecule has 0 unspecified atom stereocenters. The molecule has 6 nitrogen and oxygen atoms in total. The lowest BCUT2D eigenvalue weighted by molar-refractivity contribution is -0.384. The third-order valence-electron chi connectivity index (χ3n) is 3.13. The molecule has 0 saturated carbocycles. The summed E-state index contributed by atoms with van der Waals surface area (Å²) in [6, 6.07) is 11.7. The van der Waals surface area contributed by atoms with Crippen LogP contribution < -0.4 is 0 Å². The summed E-state index contributed by atoms with van der Waals surface area (Å²) in [4.78, 5) is 14.6. The third kappa shape index (κ3) is 2.68. The van der Waals surface area contributed by atoms with Gasteiger partial charge in [-0.2, -0.15) is 4.98 Å². The summed E-state index contributed by atoms with van der Waals surface area (Å²) in [6.07, 6.45) is 0. The van der Waals surface area contributed by atoms with Gasteiger partial charge >= 0.3 is 0 Å². The maximum atomic E-state index is 10.9. The van der Waals surface area contributed by atoms with E-state index in [-0.39, 0.29) is 11.6 Å². The molecule has 0 amide bonds. The molecule has 1 heterocycles. The SMILES string of the molecule is Cc1ccc(-c2noc(-c3cc([N+](=O)[O-])ccc3Cl)n2)cc1. The quantitative estimate of drug-likeness (QED) is 0.532. The van der Waals surface area contributed by atoms with E-state index in [1.807, 2.05) is 31.2 Å². The van der Waals surface area contributed by atoms with Gasteiger partial charge in [0.05, 0.1) is 15.5 Å². The Balaban J connectivity index is 2.02. The van der Waals surface area contributed by atoms with Gasteiger partial charge < -0.3 is 4.52 Å². The van der Waals surface area contributed by atoms with E-state index in [4.69, 9.17) is 16.1 Å². The van der Waals surface area contributed by atoms with E-state index >= 15 is 0 Å². The summed E-state index contributed by atoms with van der Waals surface area (Å²) in [5, 5.41) is 15.1. The standard InChI is InChI=1S/C15H10ClN3O3/c1-9-2-4-10(5-3-9)14-17-15(22-18-14)12-8-11(19(20)21)6-7-13(12)16/h2-8H,1H3. The molecule has 0 fully saturated rings. The summed E-state index contributed by atoms with van der Waals surface area (Å²) in [7, 11) is 0. The van der Waals surface area contributed by atoms with E-state index in [9.17, 15) is 10.1 Å². The summed E-state index contributed by atoms with van der Waals surface area (Å²) >= 11 is 6.06. The fourth-order valence-corrected chi connectivity index (χ4v) is 2.14. The van der Waals surface area contributed by atoms with Gasteiger partial charge in [-0.1, -0.05) is 46.6 Å². The minimum absolute atomic E-state index is 0.0884. The summed E-state index contributed by atoms with van der Waals surface area (Å²) < 4.78 is 5.18. The second kappa shape index (κ2) is 5.57. The number of aromatic nitrogens is 2. The van der Waals surface area contributed by atoms with Crippen LogP contribution in [0.3, 0.4) is 0 Å². The van der Waals surface area contributed by atoms with Crippen LogP contribution in [0.15, 0.2) is 47.0 Å². The predicted molar refractivity (Wildman–Crippen MR) is 81.6 cm³/mol. The molecule has 3 aromatic rings. The zero-order valence-corrected chi connectivity index (χ0v) is 12.2. The molecule has 7 heteroatoms. The van der Waals surface area contributed by atoms with Crippen molar-refractivity contribution in [1.29, 1.82) is 0 Å². The molecule has 110 valence electrons. The van der Waals surface area contributed by atoms with E-state index in [1.165, 1.54) is 18.2 Å². The first kappa shape index (κ1) is 14.2. The molecular formula is C15H10ClN3O3. The Morgan fingerprint density at radius 3 is 2.59 bits per heavy atom. The van der Waals surface area contributed by atoms with Crippen LogP contribution in [0.2, 0.25) is 5.02 Å². The number of nitro groups is 1. The van der Waals surface area contributed by atoms with Crippen LogP contribution in [-0.2, 0) is 0 Å². The van der Waals surface area contributed by atoms with E-state index < -0.39 is 4.92 Å². The zero-order chi connectivity index (χ0) is 15.7. The molecule has 0 radical (unpaired) electrons. The van der Waals surface area contributed by atoms with Crippen molar-refractivity contribution in [1.82, 2.24) is 10.1 Å². The van der Waals surface area contributed by atoms with Crippen LogP contribution in [0.1, 0.15) is 5.56 Å². The zero-order valence-electron chi connectivity index (χ0n) is 11.5. The van der Waals surface area contributed by atoms with Gasteiger partial charge in [0.1, 0.15) is 0 Å². The lowest BCUT2D eigenvalue weighted by Gasteiger charge is -1.98. The Morgan fingerprint density at radius 1 is 1.18 bits per heavy atom. The number of aryl methyl sites for hydroxylation is 1. The number of non-ortho nitro benzene ring substituents is 1. The highest BCUT2D eigenvalue weighted by molar-refractivity contribution is 6.33. The first-order valence-electron chi connectivity index (χ1n) is 6.39. The van der Waals surface area contributed by atoms with Crippen molar-refractivity contribution in [2.75, 3.05) is 0 Å². The Morgan fingerprint density at radius 2 is 1.91 bits per heavy atom. The maximum absolute atomic E-state index is 10.9. The van der Waals surface area contributed by atoms with Crippen LogP contribution >= 0.6 is 11.6 Å². The van der Waals surface area contributed by atoms with Crippen molar-refractivity contribution in [2.24, 2.45) is 0 Å². The fraction of sp³-hybridized carbons (Fsp3) is 0.0667. The van der Waals surface area contributed by atoms with Crippen molar-refractivity contribution in [2.45, 2.75) is 6.92 Å². The Labute approximate surface area is 130 Å². The van der Waals surface area contributed by atoms with Gasteiger partial charge in [0.15, 0.2) is 0 Å². The molecule has 0 aliphatic carbocycles. The highest BCUT2D eigenvalue weighted by Crippen LogP contribution is 2.31. The van der Waals surface area contributed by atoms with Gasteiger partial charge in [0.25, 0.3) is 11.6 Å². The molecule has 0 N–H and O–H groups in total. The van der Waals surface area contributed by atoms with Gasteiger partial charge in [-0.3, -0.25) is 10.1 Å². The monoisotopic (exact) mass is 315 g/mol. The Bertz CT molecular complexity index is 843. The topological polar surface area (TPSA) is 82.1 Å². The van der Waals surface area contributed by atoms with Crippen LogP contribution in [0.5, 0.6) is 0 Å². The second-order valence-electron chi connectivity index (χ2n) is 4.71. The smallest absolute Gasteiger partial charge is 0.270 e. The van der Waals surface area contributed by atoms with Crippen LogP contribution in [0, 0.1) is 17.0 Å². The minimum Gasteiger partial charge on any atom is -0.334 e. The van der Waals surface area contributed by atoms with Gasteiger partial charge in [-0.15, -0.1) is 0 Å².